The van der Waals surface area contributed by atoms with Gasteiger partial charge in [0, 0.05) is 18.1 Å². The van der Waals surface area contributed by atoms with Crippen molar-refractivity contribution in [3.63, 3.8) is 0 Å². The van der Waals surface area contributed by atoms with Gasteiger partial charge in [-0.3, -0.25) is 4.98 Å². The number of morpholine rings is 1. The van der Waals surface area contributed by atoms with E-state index in [1.165, 1.54) is 0 Å². The minimum atomic E-state index is 0.0204. The number of para-hydroxylation sites is 2. The van der Waals surface area contributed by atoms with Gasteiger partial charge in [-0.25, -0.2) is 9.97 Å². The molecular formula is C15H14N4OS. The van der Waals surface area contributed by atoms with E-state index in [-0.39, 0.29) is 6.10 Å². The monoisotopic (exact) mass is 298 g/mol. The van der Waals surface area contributed by atoms with Gasteiger partial charge in [0.25, 0.3) is 0 Å². The topological polar surface area (TPSA) is 51.1 Å². The van der Waals surface area contributed by atoms with Crippen LogP contribution in [0.3, 0.4) is 0 Å². The van der Waals surface area contributed by atoms with E-state index in [4.69, 9.17) is 9.72 Å². The van der Waals surface area contributed by atoms with Crippen LogP contribution in [0.4, 0.5) is 5.82 Å². The predicted molar refractivity (Wildman–Crippen MR) is 82.6 cm³/mol. The lowest BCUT2D eigenvalue weighted by Gasteiger charge is -2.32. The Labute approximate surface area is 126 Å². The third-order valence-electron chi connectivity index (χ3n) is 3.55. The van der Waals surface area contributed by atoms with Crippen molar-refractivity contribution in [3.05, 3.63) is 47.0 Å². The lowest BCUT2D eigenvalue weighted by molar-refractivity contribution is 0.0394. The van der Waals surface area contributed by atoms with Gasteiger partial charge in [-0.05, 0) is 12.1 Å². The molecule has 21 heavy (non-hydrogen) atoms. The van der Waals surface area contributed by atoms with Crippen molar-refractivity contribution in [2.24, 2.45) is 0 Å². The van der Waals surface area contributed by atoms with Gasteiger partial charge < -0.3 is 9.64 Å². The number of benzene rings is 1. The van der Waals surface area contributed by atoms with E-state index in [9.17, 15) is 0 Å². The molecule has 0 unspecified atom stereocenters. The molecule has 0 amide bonds. The smallest absolute Gasteiger partial charge is 0.148 e. The van der Waals surface area contributed by atoms with Crippen LogP contribution in [0.15, 0.2) is 42.0 Å². The van der Waals surface area contributed by atoms with Gasteiger partial charge >= 0.3 is 0 Å². The van der Waals surface area contributed by atoms with E-state index in [1.54, 1.807) is 11.3 Å². The Hall–Kier alpha value is -2.05. The Bertz CT molecular complexity index is 746. The molecule has 5 nitrogen and oxygen atoms in total. The molecule has 4 rings (SSSR count). The third-order valence-corrected chi connectivity index (χ3v) is 4.42. The molecule has 1 atom stereocenters. The third kappa shape index (κ3) is 2.48. The Morgan fingerprint density at radius 2 is 2.10 bits per heavy atom. The number of rotatable bonds is 2. The Kier molecular flexibility index (Phi) is 3.25. The van der Waals surface area contributed by atoms with Gasteiger partial charge in [0.1, 0.15) is 16.9 Å². The molecule has 1 fully saturated rings. The fourth-order valence-electron chi connectivity index (χ4n) is 2.50. The molecule has 1 aliphatic heterocycles. The number of fused-ring (bicyclic) bond motifs is 1. The first-order valence-electron chi connectivity index (χ1n) is 6.88. The van der Waals surface area contributed by atoms with Crippen molar-refractivity contribution in [1.29, 1.82) is 0 Å². The number of aromatic nitrogens is 3. The number of ether oxygens (including phenoxy) is 1. The zero-order valence-corrected chi connectivity index (χ0v) is 12.2. The summed E-state index contributed by atoms with van der Waals surface area (Å²) in [6.45, 7) is 2.27. The number of thiazole rings is 1. The van der Waals surface area contributed by atoms with E-state index in [0.717, 1.165) is 34.9 Å². The normalized spacial score (nSPS) is 19.0. The highest BCUT2D eigenvalue weighted by atomic mass is 32.1. The fourth-order valence-corrected chi connectivity index (χ4v) is 3.18. The van der Waals surface area contributed by atoms with Gasteiger partial charge in [0.05, 0.1) is 30.4 Å². The standard InChI is InChI=1S/C15H14N4OS/c1-2-4-12-11(3-1)17-9-14(18-12)19-6-7-20-13(10-19)15-16-5-8-21-15/h1-5,8-9,13H,6-7,10H2/t13-/m1/s1. The van der Waals surface area contributed by atoms with Crippen molar-refractivity contribution < 1.29 is 4.74 Å². The van der Waals surface area contributed by atoms with E-state index >= 15 is 0 Å². The van der Waals surface area contributed by atoms with Crippen LogP contribution < -0.4 is 4.90 Å². The van der Waals surface area contributed by atoms with Gasteiger partial charge in [-0.15, -0.1) is 11.3 Å². The Balaban J connectivity index is 1.62. The second-order valence-corrected chi connectivity index (χ2v) is 5.82. The van der Waals surface area contributed by atoms with Gasteiger partial charge in [-0.2, -0.15) is 0 Å². The summed E-state index contributed by atoms with van der Waals surface area (Å²) in [7, 11) is 0. The molecular weight excluding hydrogens is 284 g/mol. The molecule has 1 aliphatic rings. The SMILES string of the molecule is c1ccc2nc(N3CCO[C@@H](c4nccs4)C3)cnc2c1. The molecule has 0 bridgehead atoms. The van der Waals surface area contributed by atoms with Crippen molar-refractivity contribution >= 4 is 28.2 Å². The molecule has 3 aromatic rings. The second-order valence-electron chi connectivity index (χ2n) is 4.89. The zero-order valence-electron chi connectivity index (χ0n) is 11.3. The minimum absolute atomic E-state index is 0.0204. The number of hydrogen-bond donors (Lipinski definition) is 0. The molecule has 6 heteroatoms. The molecule has 0 aliphatic carbocycles. The van der Waals surface area contributed by atoms with Crippen LogP contribution >= 0.6 is 11.3 Å². The van der Waals surface area contributed by atoms with Crippen LogP contribution in [0, 0.1) is 0 Å². The first-order chi connectivity index (χ1) is 10.4. The largest absolute Gasteiger partial charge is 0.367 e. The molecule has 1 aromatic carbocycles. The van der Waals surface area contributed by atoms with Gasteiger partial charge in [0.15, 0.2) is 0 Å². The van der Waals surface area contributed by atoms with E-state index in [1.807, 2.05) is 42.0 Å². The molecule has 0 N–H and O–H groups in total. The first-order valence-corrected chi connectivity index (χ1v) is 7.76. The first kappa shape index (κ1) is 12.7. The lowest BCUT2D eigenvalue weighted by Crippen LogP contribution is -2.38. The lowest BCUT2D eigenvalue weighted by atomic mass is 10.2. The molecule has 0 spiro atoms. The summed E-state index contributed by atoms with van der Waals surface area (Å²) in [4.78, 5) is 15.8. The highest BCUT2D eigenvalue weighted by Gasteiger charge is 2.24. The van der Waals surface area contributed by atoms with E-state index in [0.29, 0.717) is 6.61 Å². The summed E-state index contributed by atoms with van der Waals surface area (Å²) >= 11 is 1.63. The van der Waals surface area contributed by atoms with Crippen LogP contribution in [-0.2, 0) is 4.74 Å². The number of hydrogen-bond acceptors (Lipinski definition) is 6. The maximum atomic E-state index is 5.82. The molecule has 3 heterocycles. The van der Waals surface area contributed by atoms with Gasteiger partial charge in [-0.1, -0.05) is 12.1 Å². The summed E-state index contributed by atoms with van der Waals surface area (Å²) in [5, 5.41) is 3.00. The maximum Gasteiger partial charge on any atom is 0.148 e. The summed E-state index contributed by atoms with van der Waals surface area (Å²) in [5.41, 5.74) is 1.85. The van der Waals surface area contributed by atoms with Crippen molar-refractivity contribution in [2.75, 3.05) is 24.6 Å². The highest BCUT2D eigenvalue weighted by molar-refractivity contribution is 7.09. The number of anilines is 1. The summed E-state index contributed by atoms with van der Waals surface area (Å²) < 4.78 is 5.82. The van der Waals surface area contributed by atoms with Crippen LogP contribution in [0.1, 0.15) is 11.1 Å². The van der Waals surface area contributed by atoms with E-state index in [2.05, 4.69) is 14.9 Å². The Morgan fingerprint density at radius 3 is 2.95 bits per heavy atom. The second kappa shape index (κ2) is 5.38. The summed E-state index contributed by atoms with van der Waals surface area (Å²) in [6, 6.07) is 7.93. The van der Waals surface area contributed by atoms with Gasteiger partial charge in [0.2, 0.25) is 0 Å². The fraction of sp³-hybridized carbons (Fsp3) is 0.267. The average Bonchev–Trinajstić information content (AvgIpc) is 3.09. The van der Waals surface area contributed by atoms with Crippen LogP contribution in [0.5, 0.6) is 0 Å². The Morgan fingerprint density at radius 1 is 1.19 bits per heavy atom. The molecule has 0 radical (unpaired) electrons. The summed E-state index contributed by atoms with van der Waals surface area (Å²) in [5.74, 6) is 0.901. The quantitative estimate of drug-likeness (QED) is 0.728. The van der Waals surface area contributed by atoms with Crippen LogP contribution in [-0.4, -0.2) is 34.6 Å². The highest BCUT2D eigenvalue weighted by Crippen LogP contribution is 2.26. The average molecular weight is 298 g/mol. The van der Waals surface area contributed by atoms with Crippen LogP contribution in [0.2, 0.25) is 0 Å². The molecule has 0 saturated carbocycles. The minimum Gasteiger partial charge on any atom is -0.367 e. The van der Waals surface area contributed by atoms with E-state index < -0.39 is 0 Å². The maximum absolute atomic E-state index is 5.82. The van der Waals surface area contributed by atoms with Crippen molar-refractivity contribution in [3.8, 4) is 0 Å². The molecule has 106 valence electrons. The molecule has 1 saturated heterocycles. The summed E-state index contributed by atoms with van der Waals surface area (Å²) in [6.07, 6.45) is 3.68. The van der Waals surface area contributed by atoms with Crippen molar-refractivity contribution in [2.45, 2.75) is 6.10 Å². The van der Waals surface area contributed by atoms with Crippen molar-refractivity contribution in [1.82, 2.24) is 15.0 Å². The molecule has 2 aromatic heterocycles. The number of nitrogens with zero attached hydrogens (tertiary/aromatic N) is 4. The zero-order chi connectivity index (χ0) is 14.1. The predicted octanol–water partition coefficient (Wildman–Crippen LogP) is 2.66. The van der Waals surface area contributed by atoms with Crippen LogP contribution in [0.25, 0.3) is 11.0 Å².